The average molecular weight is 462 g/mol. The maximum Gasteiger partial charge on any atom is 0.229 e. The van der Waals surface area contributed by atoms with Crippen LogP contribution < -0.4 is 14.9 Å². The molecule has 11 heteroatoms. The van der Waals surface area contributed by atoms with Crippen molar-refractivity contribution in [2.75, 3.05) is 13.7 Å². The van der Waals surface area contributed by atoms with Crippen molar-refractivity contribution in [1.29, 1.82) is 0 Å². The number of fused-ring (bicyclic) bond motifs is 1. The van der Waals surface area contributed by atoms with Crippen molar-refractivity contribution in [3.05, 3.63) is 46.8 Å². The van der Waals surface area contributed by atoms with Gasteiger partial charge in [-0.15, -0.1) is 0 Å². The highest BCUT2D eigenvalue weighted by Crippen LogP contribution is 2.42. The van der Waals surface area contributed by atoms with Crippen LogP contribution in [-0.4, -0.2) is 75.1 Å². The summed E-state index contributed by atoms with van der Waals surface area (Å²) in [5.41, 5.74) is -0.311. The third-order valence-corrected chi connectivity index (χ3v) is 5.43. The summed E-state index contributed by atoms with van der Waals surface area (Å²) in [7, 11) is 1.27. The summed E-state index contributed by atoms with van der Waals surface area (Å²) in [5, 5.41) is 59.4. The van der Waals surface area contributed by atoms with E-state index in [0.717, 1.165) is 12.3 Å². The number of hydrogen-bond donors (Lipinski definition) is 6. The molecule has 0 saturated carbocycles. The van der Waals surface area contributed by atoms with Gasteiger partial charge in [-0.1, -0.05) is 12.1 Å². The van der Waals surface area contributed by atoms with Crippen molar-refractivity contribution < 1.29 is 49.3 Å². The Hall–Kier alpha value is -3.35. The molecule has 33 heavy (non-hydrogen) atoms. The van der Waals surface area contributed by atoms with Crippen molar-refractivity contribution in [2.45, 2.75) is 30.7 Å². The van der Waals surface area contributed by atoms with Gasteiger partial charge < -0.3 is 49.3 Å². The molecule has 4 rings (SSSR count). The second-order valence-electron chi connectivity index (χ2n) is 7.47. The SMILES string of the molecule is COc1cc(O)c2c(=O)c(-c3ccc(O)cc3)coc2c1O[C@@H]1O[C@H](CO)[C@@H](O)[C@H](O)[C@H]1O. The number of hydrogen-bond acceptors (Lipinski definition) is 11. The van der Waals surface area contributed by atoms with Crippen LogP contribution in [0.15, 0.2) is 45.8 Å². The van der Waals surface area contributed by atoms with Crippen molar-refractivity contribution in [2.24, 2.45) is 0 Å². The highest BCUT2D eigenvalue weighted by atomic mass is 16.7. The molecule has 2 aromatic carbocycles. The van der Waals surface area contributed by atoms with Crippen molar-refractivity contribution in [3.63, 3.8) is 0 Å². The maximum absolute atomic E-state index is 13.2. The summed E-state index contributed by atoms with van der Waals surface area (Å²) in [4.78, 5) is 13.2. The number of aliphatic hydroxyl groups is 4. The number of benzene rings is 2. The Morgan fingerprint density at radius 2 is 1.73 bits per heavy atom. The third-order valence-electron chi connectivity index (χ3n) is 5.43. The first-order valence-corrected chi connectivity index (χ1v) is 9.88. The molecule has 1 aliphatic heterocycles. The molecule has 5 atom stereocenters. The number of aromatic hydroxyl groups is 2. The zero-order valence-electron chi connectivity index (χ0n) is 17.3. The Bertz CT molecular complexity index is 1200. The summed E-state index contributed by atoms with van der Waals surface area (Å²) in [5.74, 6) is -0.745. The smallest absolute Gasteiger partial charge is 0.229 e. The number of phenolic OH excluding ortho intramolecular Hbond substituents is 2. The van der Waals surface area contributed by atoms with Crippen molar-refractivity contribution in [1.82, 2.24) is 0 Å². The topological polar surface area (TPSA) is 179 Å². The van der Waals surface area contributed by atoms with Gasteiger partial charge in [0.05, 0.1) is 19.3 Å². The molecule has 0 bridgehead atoms. The summed E-state index contributed by atoms with van der Waals surface area (Å²) in [6, 6.07) is 6.89. The van der Waals surface area contributed by atoms with Crippen LogP contribution in [0.25, 0.3) is 22.1 Å². The van der Waals surface area contributed by atoms with Crippen LogP contribution in [-0.2, 0) is 4.74 Å². The molecule has 1 aromatic heterocycles. The van der Waals surface area contributed by atoms with E-state index in [1.54, 1.807) is 0 Å². The normalized spacial score (nSPS) is 25.2. The molecule has 0 radical (unpaired) electrons. The standard InChI is InChI=1S/C22H22O11/c1-30-13-6-12(25)15-16(26)11(9-2-4-10(24)5-3-9)8-31-21(15)20(13)33-22-19(29)18(28)17(27)14(7-23)32-22/h2-6,8,14,17-19,22-25,27-29H,7H2,1H3/t14-,17-,18+,19-,22+/m1/s1. The first-order valence-electron chi connectivity index (χ1n) is 9.88. The average Bonchev–Trinajstić information content (AvgIpc) is 2.81. The van der Waals surface area contributed by atoms with Gasteiger partial charge in [-0.05, 0) is 17.7 Å². The molecule has 3 aromatic rings. The molecule has 6 N–H and O–H groups in total. The Kier molecular flexibility index (Phi) is 6.15. The molecule has 0 unspecified atom stereocenters. The highest BCUT2D eigenvalue weighted by Gasteiger charge is 2.45. The number of ether oxygens (including phenoxy) is 3. The van der Waals surface area contributed by atoms with Crippen LogP contribution >= 0.6 is 0 Å². The van der Waals surface area contributed by atoms with E-state index in [9.17, 15) is 35.4 Å². The molecule has 1 aliphatic rings. The summed E-state index contributed by atoms with van der Waals surface area (Å²) in [6.45, 7) is -0.663. The van der Waals surface area contributed by atoms with Gasteiger partial charge in [0.2, 0.25) is 17.5 Å². The largest absolute Gasteiger partial charge is 0.508 e. The molecule has 11 nitrogen and oxygen atoms in total. The van der Waals surface area contributed by atoms with Gasteiger partial charge >= 0.3 is 0 Å². The van der Waals surface area contributed by atoms with E-state index in [4.69, 9.17) is 18.6 Å². The number of rotatable bonds is 5. The van der Waals surface area contributed by atoms with Crippen LogP contribution in [0.2, 0.25) is 0 Å². The van der Waals surface area contributed by atoms with Gasteiger partial charge in [0.25, 0.3) is 0 Å². The number of phenols is 2. The van der Waals surface area contributed by atoms with E-state index in [1.807, 2.05) is 0 Å². The molecule has 0 amide bonds. The molecule has 176 valence electrons. The van der Waals surface area contributed by atoms with Gasteiger partial charge in [0.15, 0.2) is 11.3 Å². The van der Waals surface area contributed by atoms with E-state index in [-0.39, 0.29) is 33.8 Å². The van der Waals surface area contributed by atoms with E-state index in [2.05, 4.69) is 0 Å². The molecule has 1 saturated heterocycles. The van der Waals surface area contributed by atoms with Crippen LogP contribution in [0.3, 0.4) is 0 Å². The molecule has 0 aliphatic carbocycles. The second kappa shape index (κ2) is 8.89. The maximum atomic E-state index is 13.2. The van der Waals surface area contributed by atoms with Crippen LogP contribution in [0, 0.1) is 0 Å². The molecular formula is C22H22O11. The molecule has 2 heterocycles. The van der Waals surface area contributed by atoms with Crippen molar-refractivity contribution in [3.8, 4) is 34.1 Å². The summed E-state index contributed by atoms with van der Waals surface area (Å²) < 4.78 is 21.8. The summed E-state index contributed by atoms with van der Waals surface area (Å²) >= 11 is 0. The number of methoxy groups -OCH3 is 1. The quantitative estimate of drug-likeness (QED) is 0.302. The number of aliphatic hydroxyl groups excluding tert-OH is 4. The van der Waals surface area contributed by atoms with Gasteiger partial charge in [-0.3, -0.25) is 4.79 Å². The Morgan fingerprint density at radius 1 is 1.03 bits per heavy atom. The molecule has 0 spiro atoms. The minimum atomic E-state index is -1.72. The lowest BCUT2D eigenvalue weighted by Crippen LogP contribution is -2.60. The Morgan fingerprint density at radius 3 is 2.36 bits per heavy atom. The predicted octanol–water partition coefficient (Wildman–Crippen LogP) is 0.0585. The van der Waals surface area contributed by atoms with Gasteiger partial charge in [0.1, 0.15) is 47.6 Å². The minimum Gasteiger partial charge on any atom is -0.508 e. The predicted molar refractivity (Wildman–Crippen MR) is 112 cm³/mol. The van der Waals surface area contributed by atoms with Crippen molar-refractivity contribution >= 4 is 11.0 Å². The zero-order chi connectivity index (χ0) is 23.9. The fourth-order valence-electron chi connectivity index (χ4n) is 3.63. The van der Waals surface area contributed by atoms with Crippen LogP contribution in [0.1, 0.15) is 0 Å². The van der Waals surface area contributed by atoms with E-state index >= 15 is 0 Å². The molecular weight excluding hydrogens is 440 g/mol. The van der Waals surface area contributed by atoms with E-state index in [1.165, 1.54) is 31.4 Å². The van der Waals surface area contributed by atoms with Gasteiger partial charge in [0, 0.05) is 6.07 Å². The van der Waals surface area contributed by atoms with Crippen LogP contribution in [0.5, 0.6) is 23.0 Å². The van der Waals surface area contributed by atoms with Crippen LogP contribution in [0.4, 0.5) is 0 Å². The molecule has 1 fully saturated rings. The minimum absolute atomic E-state index is 0.00623. The Labute approximate surface area is 186 Å². The second-order valence-corrected chi connectivity index (χ2v) is 7.47. The lowest BCUT2D eigenvalue weighted by Gasteiger charge is -2.39. The first-order chi connectivity index (χ1) is 15.8. The lowest BCUT2D eigenvalue weighted by atomic mass is 9.99. The summed E-state index contributed by atoms with van der Waals surface area (Å²) in [6.07, 6.45) is -6.67. The lowest BCUT2D eigenvalue weighted by molar-refractivity contribution is -0.277. The zero-order valence-corrected chi connectivity index (χ0v) is 17.3. The van der Waals surface area contributed by atoms with Gasteiger partial charge in [-0.25, -0.2) is 0 Å². The third kappa shape index (κ3) is 3.96. The van der Waals surface area contributed by atoms with E-state index in [0.29, 0.717) is 5.56 Å². The fraction of sp³-hybridized carbons (Fsp3) is 0.318. The highest BCUT2D eigenvalue weighted by molar-refractivity contribution is 5.93. The van der Waals surface area contributed by atoms with E-state index < -0.39 is 48.5 Å². The first kappa shape index (κ1) is 22.8. The monoisotopic (exact) mass is 462 g/mol. The Balaban J connectivity index is 1.83. The fourth-order valence-corrected chi connectivity index (χ4v) is 3.63. The van der Waals surface area contributed by atoms with Gasteiger partial charge in [-0.2, -0.15) is 0 Å².